The van der Waals surface area contributed by atoms with E-state index in [0.29, 0.717) is 11.6 Å². The monoisotopic (exact) mass is 508 g/mol. The van der Waals surface area contributed by atoms with Crippen LogP contribution in [0.1, 0.15) is 0 Å². The number of rotatable bonds is 4. The number of benzene rings is 5. The number of halogens is 1. The van der Waals surface area contributed by atoms with Crippen molar-refractivity contribution in [3.63, 3.8) is 0 Å². The van der Waals surface area contributed by atoms with Crippen LogP contribution < -0.4 is 0 Å². The molecule has 5 aromatic carbocycles. The molecule has 2 heterocycles. The Morgan fingerprint density at radius 1 is 0.474 bits per heavy atom. The van der Waals surface area contributed by atoms with Crippen molar-refractivity contribution in [2.75, 3.05) is 0 Å². The molecule has 0 fully saturated rings. The molecule has 5 heteroatoms. The summed E-state index contributed by atoms with van der Waals surface area (Å²) < 4.78 is 2.28. The normalized spacial score (nSPS) is 11.3. The Morgan fingerprint density at radius 3 is 1.87 bits per heavy atom. The van der Waals surface area contributed by atoms with Crippen LogP contribution in [0.3, 0.4) is 0 Å². The van der Waals surface area contributed by atoms with Crippen molar-refractivity contribution in [1.29, 1.82) is 0 Å². The Bertz CT molecular complexity index is 1910. The fraction of sp³-hybridized carbons (Fsp3) is 0. The maximum absolute atomic E-state index is 6.48. The van der Waals surface area contributed by atoms with E-state index in [0.717, 1.165) is 49.7 Å². The summed E-state index contributed by atoms with van der Waals surface area (Å²) >= 11 is 6.48. The van der Waals surface area contributed by atoms with Crippen LogP contribution in [0.25, 0.3) is 61.4 Å². The van der Waals surface area contributed by atoms with Gasteiger partial charge in [-0.2, -0.15) is 9.97 Å². The predicted octanol–water partition coefficient (Wildman–Crippen LogP) is 8.62. The molecule has 0 aliphatic rings. The van der Waals surface area contributed by atoms with E-state index in [4.69, 9.17) is 16.6 Å². The number of hydrogen-bond donors (Lipinski definition) is 0. The molecule has 38 heavy (non-hydrogen) atoms. The summed E-state index contributed by atoms with van der Waals surface area (Å²) in [6, 6.07) is 43.5. The van der Waals surface area contributed by atoms with Gasteiger partial charge in [0.25, 0.3) is 0 Å². The third kappa shape index (κ3) is 3.83. The molecular weight excluding hydrogens is 488 g/mol. The lowest BCUT2D eigenvalue weighted by molar-refractivity contribution is 1.07. The number of fused-ring (bicyclic) bond motifs is 3. The van der Waals surface area contributed by atoms with Crippen LogP contribution in [0.5, 0.6) is 0 Å². The summed E-state index contributed by atoms with van der Waals surface area (Å²) in [5, 5.41) is 2.38. The first-order chi connectivity index (χ1) is 18.8. The highest BCUT2D eigenvalue weighted by Crippen LogP contribution is 2.38. The smallest absolute Gasteiger partial charge is 0.226 e. The first-order valence-corrected chi connectivity index (χ1v) is 12.8. The van der Waals surface area contributed by atoms with E-state index in [1.165, 1.54) is 0 Å². The van der Waals surface area contributed by atoms with Gasteiger partial charge in [0.05, 0.1) is 11.0 Å². The summed E-state index contributed by atoms with van der Waals surface area (Å²) in [7, 11) is 0. The van der Waals surface area contributed by atoms with Crippen LogP contribution >= 0.6 is 11.6 Å². The Labute approximate surface area is 224 Å². The van der Waals surface area contributed by atoms with E-state index >= 15 is 0 Å². The van der Waals surface area contributed by atoms with E-state index in [1.807, 2.05) is 42.5 Å². The number of nitrogens with zero attached hydrogens (tertiary/aromatic N) is 4. The van der Waals surface area contributed by atoms with Crippen molar-refractivity contribution >= 4 is 33.4 Å². The van der Waals surface area contributed by atoms with Crippen molar-refractivity contribution in [1.82, 2.24) is 19.5 Å². The molecule has 0 amide bonds. The summed E-state index contributed by atoms with van der Waals surface area (Å²) in [5.74, 6) is 1.09. The van der Waals surface area contributed by atoms with Gasteiger partial charge in [-0.05, 0) is 47.0 Å². The zero-order valence-electron chi connectivity index (χ0n) is 20.3. The lowest BCUT2D eigenvalue weighted by Crippen LogP contribution is -1.98. The summed E-state index contributed by atoms with van der Waals surface area (Å²) in [6.45, 7) is 0. The van der Waals surface area contributed by atoms with Gasteiger partial charge in [0, 0.05) is 27.6 Å². The summed E-state index contributed by atoms with van der Waals surface area (Å²) in [6.07, 6.45) is 0. The molecule has 7 aromatic rings. The van der Waals surface area contributed by atoms with Gasteiger partial charge < -0.3 is 4.57 Å². The molecule has 0 unspecified atom stereocenters. The molecule has 0 atom stereocenters. The molecule has 0 bridgehead atoms. The minimum atomic E-state index is 0.168. The van der Waals surface area contributed by atoms with Gasteiger partial charge in [-0.3, -0.25) is 0 Å². The Hall–Kier alpha value is -4.80. The lowest BCUT2D eigenvalue weighted by Gasteiger charge is -2.09. The van der Waals surface area contributed by atoms with Gasteiger partial charge in [-0.1, -0.05) is 103 Å². The van der Waals surface area contributed by atoms with Gasteiger partial charge in [0.15, 0.2) is 11.6 Å². The highest BCUT2D eigenvalue weighted by Gasteiger charge is 2.18. The van der Waals surface area contributed by atoms with Crippen LogP contribution in [-0.4, -0.2) is 19.5 Å². The largest absolute Gasteiger partial charge is 0.309 e. The molecule has 180 valence electrons. The van der Waals surface area contributed by atoms with Crippen molar-refractivity contribution in [3.05, 3.63) is 133 Å². The minimum absolute atomic E-state index is 0.168. The van der Waals surface area contributed by atoms with E-state index < -0.39 is 0 Å². The highest BCUT2D eigenvalue weighted by atomic mass is 35.5. The molecule has 4 nitrogen and oxygen atoms in total. The Morgan fingerprint density at radius 2 is 1.08 bits per heavy atom. The Kier molecular flexibility index (Phi) is 5.46. The first-order valence-electron chi connectivity index (χ1n) is 12.4. The van der Waals surface area contributed by atoms with Crippen LogP contribution in [0.2, 0.25) is 5.28 Å². The predicted molar refractivity (Wildman–Crippen MR) is 155 cm³/mol. The van der Waals surface area contributed by atoms with Crippen LogP contribution in [0.4, 0.5) is 0 Å². The second kappa shape index (κ2) is 9.25. The molecule has 0 radical (unpaired) electrons. The molecule has 0 N–H and O–H groups in total. The summed E-state index contributed by atoms with van der Waals surface area (Å²) in [4.78, 5) is 13.9. The highest BCUT2D eigenvalue weighted by molar-refractivity contribution is 6.28. The molecule has 0 spiro atoms. The average Bonchev–Trinajstić information content (AvgIpc) is 3.32. The second-order valence-electron chi connectivity index (χ2n) is 9.08. The molecule has 0 aliphatic heterocycles. The number of hydrogen-bond acceptors (Lipinski definition) is 3. The third-order valence-corrected chi connectivity index (χ3v) is 6.98. The maximum Gasteiger partial charge on any atom is 0.226 e. The van der Waals surface area contributed by atoms with E-state index in [2.05, 4.69) is 99.5 Å². The maximum atomic E-state index is 6.48. The zero-order chi connectivity index (χ0) is 25.5. The zero-order valence-corrected chi connectivity index (χ0v) is 21.0. The fourth-order valence-electron chi connectivity index (χ4n) is 5.10. The van der Waals surface area contributed by atoms with Crippen molar-refractivity contribution in [2.45, 2.75) is 0 Å². The van der Waals surface area contributed by atoms with Gasteiger partial charge in [-0.25, -0.2) is 4.98 Å². The molecule has 0 saturated carbocycles. The number of para-hydroxylation sites is 2. The van der Waals surface area contributed by atoms with E-state index in [9.17, 15) is 0 Å². The van der Waals surface area contributed by atoms with Crippen molar-refractivity contribution < 1.29 is 0 Å². The van der Waals surface area contributed by atoms with Gasteiger partial charge in [0.2, 0.25) is 5.28 Å². The SMILES string of the molecule is Clc1nc(-c2ccc(-c3ccccc3)cc2)nc(-c2cccc3c2c2ccccc2n3-c2ccccc2)n1. The Balaban J connectivity index is 1.40. The van der Waals surface area contributed by atoms with Gasteiger partial charge in [0.1, 0.15) is 0 Å². The van der Waals surface area contributed by atoms with Gasteiger partial charge in [-0.15, -0.1) is 0 Å². The van der Waals surface area contributed by atoms with E-state index in [1.54, 1.807) is 0 Å². The molecule has 2 aromatic heterocycles. The van der Waals surface area contributed by atoms with Crippen LogP contribution in [0.15, 0.2) is 127 Å². The third-order valence-electron chi connectivity index (χ3n) is 6.81. The second-order valence-corrected chi connectivity index (χ2v) is 9.42. The summed E-state index contributed by atoms with van der Waals surface area (Å²) in [5.41, 5.74) is 7.40. The first kappa shape index (κ1) is 22.4. The van der Waals surface area contributed by atoms with Crippen molar-refractivity contribution in [3.8, 4) is 39.6 Å². The van der Waals surface area contributed by atoms with Gasteiger partial charge >= 0.3 is 0 Å². The standard InChI is InChI=1S/C33H21ClN4/c34-33-36-31(24-20-18-23(19-21-24)22-10-3-1-4-11-22)35-32(37-33)27-15-9-17-29-30(27)26-14-7-8-16-28(26)38(29)25-12-5-2-6-13-25/h1-21H. The van der Waals surface area contributed by atoms with Crippen LogP contribution in [0, 0.1) is 0 Å². The van der Waals surface area contributed by atoms with Crippen LogP contribution in [-0.2, 0) is 0 Å². The molecular formula is C33H21ClN4. The molecule has 0 aliphatic carbocycles. The topological polar surface area (TPSA) is 43.6 Å². The van der Waals surface area contributed by atoms with E-state index in [-0.39, 0.29) is 5.28 Å². The quantitative estimate of drug-likeness (QED) is 0.239. The fourth-order valence-corrected chi connectivity index (χ4v) is 5.26. The average molecular weight is 509 g/mol. The van der Waals surface area contributed by atoms with Crippen molar-refractivity contribution in [2.24, 2.45) is 0 Å². The number of aromatic nitrogens is 4. The molecule has 7 rings (SSSR count). The molecule has 0 saturated heterocycles. The lowest BCUT2D eigenvalue weighted by atomic mass is 10.0. The minimum Gasteiger partial charge on any atom is -0.309 e.